The van der Waals surface area contributed by atoms with Crippen LogP contribution in [0.1, 0.15) is 49.1 Å². The van der Waals surface area contributed by atoms with Crippen molar-refractivity contribution < 1.29 is 9.90 Å². The van der Waals surface area contributed by atoms with Crippen LogP contribution in [0.15, 0.2) is 41.8 Å². The van der Waals surface area contributed by atoms with Crippen molar-refractivity contribution >= 4 is 17.4 Å². The number of thiophene rings is 1. The summed E-state index contributed by atoms with van der Waals surface area (Å²) in [6.07, 6.45) is 5.23. The standard InChI is InChI=1S/C21H28N2O2S/c1-2-19(20-4-3-15-26-20)22-21(25)23-13-11-17(12-14-23)6-5-16-7-9-18(24)10-8-16/h3-4,7-10,15,17,19,24H,2,5-6,11-14H2,1H3,(H,22,25). The fourth-order valence-electron chi connectivity index (χ4n) is 3.56. The van der Waals surface area contributed by atoms with Crippen LogP contribution in [0.25, 0.3) is 0 Å². The second-order valence-corrected chi connectivity index (χ2v) is 8.04. The first kappa shape index (κ1) is 18.8. The Kier molecular flexibility index (Phi) is 6.56. The van der Waals surface area contributed by atoms with Crippen molar-refractivity contribution in [2.45, 2.75) is 45.1 Å². The molecule has 1 unspecified atom stereocenters. The number of benzene rings is 1. The van der Waals surface area contributed by atoms with Crippen molar-refractivity contribution in [1.29, 1.82) is 0 Å². The highest BCUT2D eigenvalue weighted by molar-refractivity contribution is 7.10. The number of piperidine rings is 1. The van der Waals surface area contributed by atoms with Gasteiger partial charge >= 0.3 is 6.03 Å². The lowest BCUT2D eigenvalue weighted by Gasteiger charge is -2.33. The molecule has 2 amide bonds. The number of rotatable bonds is 6. The number of aryl methyl sites for hydroxylation is 1. The average Bonchev–Trinajstić information content (AvgIpc) is 3.20. The summed E-state index contributed by atoms with van der Waals surface area (Å²) in [6, 6.07) is 11.8. The van der Waals surface area contributed by atoms with E-state index in [4.69, 9.17) is 0 Å². The minimum absolute atomic E-state index is 0.0715. The van der Waals surface area contributed by atoms with Crippen molar-refractivity contribution in [3.05, 3.63) is 52.2 Å². The van der Waals surface area contributed by atoms with E-state index in [0.717, 1.165) is 45.2 Å². The van der Waals surface area contributed by atoms with Gasteiger partial charge in [-0.3, -0.25) is 0 Å². The summed E-state index contributed by atoms with van der Waals surface area (Å²) in [4.78, 5) is 15.8. The van der Waals surface area contributed by atoms with Crippen LogP contribution in [0.2, 0.25) is 0 Å². The first-order valence-electron chi connectivity index (χ1n) is 9.52. The molecule has 0 bridgehead atoms. The van der Waals surface area contributed by atoms with Gasteiger partial charge in [0.15, 0.2) is 0 Å². The molecule has 2 aromatic rings. The number of hydrogen-bond acceptors (Lipinski definition) is 3. The molecule has 1 atom stereocenters. The number of phenolic OH excluding ortho intramolecular Hbond substituents is 1. The van der Waals surface area contributed by atoms with Gasteiger partial charge in [-0.15, -0.1) is 11.3 Å². The molecular weight excluding hydrogens is 344 g/mol. The number of amides is 2. The van der Waals surface area contributed by atoms with E-state index in [1.807, 2.05) is 23.1 Å². The van der Waals surface area contributed by atoms with Gasteiger partial charge in [0.2, 0.25) is 0 Å². The number of nitrogens with zero attached hydrogens (tertiary/aromatic N) is 1. The van der Waals surface area contributed by atoms with Gasteiger partial charge in [-0.05, 0) is 67.2 Å². The lowest BCUT2D eigenvalue weighted by Crippen LogP contribution is -2.45. The molecule has 26 heavy (non-hydrogen) atoms. The number of nitrogens with one attached hydrogen (secondary N) is 1. The van der Waals surface area contributed by atoms with Gasteiger partial charge in [-0.2, -0.15) is 0 Å². The molecule has 4 nitrogen and oxygen atoms in total. The van der Waals surface area contributed by atoms with E-state index in [2.05, 4.69) is 23.7 Å². The molecular formula is C21H28N2O2S. The molecule has 2 heterocycles. The minimum Gasteiger partial charge on any atom is -0.508 e. The predicted molar refractivity (Wildman–Crippen MR) is 107 cm³/mol. The van der Waals surface area contributed by atoms with Crippen LogP contribution in [0.4, 0.5) is 4.79 Å². The molecule has 1 saturated heterocycles. The van der Waals surface area contributed by atoms with Crippen LogP contribution in [0.3, 0.4) is 0 Å². The summed E-state index contributed by atoms with van der Waals surface area (Å²) in [6.45, 7) is 3.79. The van der Waals surface area contributed by atoms with Crippen molar-refractivity contribution in [3.8, 4) is 5.75 Å². The molecule has 140 valence electrons. The van der Waals surface area contributed by atoms with E-state index in [1.165, 1.54) is 10.4 Å². The monoisotopic (exact) mass is 372 g/mol. The van der Waals surface area contributed by atoms with Gasteiger partial charge in [0.1, 0.15) is 5.75 Å². The van der Waals surface area contributed by atoms with Gasteiger partial charge in [0.25, 0.3) is 0 Å². The maximum atomic E-state index is 12.6. The third-order valence-corrected chi connectivity index (χ3v) is 6.26. The van der Waals surface area contributed by atoms with Crippen molar-refractivity contribution in [2.75, 3.05) is 13.1 Å². The van der Waals surface area contributed by atoms with Crippen LogP contribution in [0, 0.1) is 5.92 Å². The summed E-state index contributed by atoms with van der Waals surface area (Å²) in [5.41, 5.74) is 1.27. The molecule has 5 heteroatoms. The van der Waals surface area contributed by atoms with Crippen LogP contribution >= 0.6 is 11.3 Å². The normalized spacial score (nSPS) is 16.4. The van der Waals surface area contributed by atoms with Crippen molar-refractivity contribution in [1.82, 2.24) is 10.2 Å². The van der Waals surface area contributed by atoms with E-state index in [-0.39, 0.29) is 12.1 Å². The summed E-state index contributed by atoms with van der Waals surface area (Å²) >= 11 is 1.70. The fraction of sp³-hybridized carbons (Fsp3) is 0.476. The molecule has 0 spiro atoms. The van der Waals surface area contributed by atoms with E-state index in [1.54, 1.807) is 23.5 Å². The molecule has 1 aromatic carbocycles. The number of hydrogen-bond donors (Lipinski definition) is 2. The Labute approximate surface area is 159 Å². The quantitative estimate of drug-likeness (QED) is 0.753. The second kappa shape index (κ2) is 9.08. The van der Waals surface area contributed by atoms with E-state index in [9.17, 15) is 9.90 Å². The zero-order valence-corrected chi connectivity index (χ0v) is 16.2. The highest BCUT2D eigenvalue weighted by Crippen LogP contribution is 2.25. The van der Waals surface area contributed by atoms with Gasteiger partial charge in [-0.1, -0.05) is 25.1 Å². The first-order chi connectivity index (χ1) is 12.7. The summed E-state index contributed by atoms with van der Waals surface area (Å²) in [7, 11) is 0. The first-order valence-corrected chi connectivity index (χ1v) is 10.4. The van der Waals surface area contributed by atoms with Gasteiger partial charge < -0.3 is 15.3 Å². The zero-order chi connectivity index (χ0) is 18.4. The molecule has 3 rings (SSSR count). The summed E-state index contributed by atoms with van der Waals surface area (Å²) in [5.74, 6) is 0.994. The lowest BCUT2D eigenvalue weighted by atomic mass is 9.90. The SMILES string of the molecule is CCC(NC(=O)N1CCC(CCc2ccc(O)cc2)CC1)c1cccs1. The number of phenols is 1. The zero-order valence-electron chi connectivity index (χ0n) is 15.4. The van der Waals surface area contributed by atoms with Crippen LogP contribution in [0.5, 0.6) is 5.75 Å². The van der Waals surface area contributed by atoms with E-state index < -0.39 is 0 Å². The van der Waals surface area contributed by atoms with Gasteiger partial charge in [-0.25, -0.2) is 4.79 Å². The van der Waals surface area contributed by atoms with Crippen LogP contribution < -0.4 is 5.32 Å². The topological polar surface area (TPSA) is 52.6 Å². The molecule has 1 fully saturated rings. The number of carbonyl (C=O) groups excluding carboxylic acids is 1. The number of aromatic hydroxyl groups is 1. The molecule has 0 aliphatic carbocycles. The Balaban J connectivity index is 1.42. The maximum Gasteiger partial charge on any atom is 0.317 e. The Morgan fingerprint density at radius 2 is 2.00 bits per heavy atom. The van der Waals surface area contributed by atoms with Gasteiger partial charge in [0.05, 0.1) is 6.04 Å². The number of urea groups is 1. The molecule has 1 aromatic heterocycles. The summed E-state index contributed by atoms with van der Waals surface area (Å²) < 4.78 is 0. The Morgan fingerprint density at radius 3 is 2.62 bits per heavy atom. The van der Waals surface area contributed by atoms with Crippen molar-refractivity contribution in [2.24, 2.45) is 5.92 Å². The molecule has 0 radical (unpaired) electrons. The maximum absolute atomic E-state index is 12.6. The molecule has 1 aliphatic rings. The van der Waals surface area contributed by atoms with E-state index >= 15 is 0 Å². The minimum atomic E-state index is 0.0715. The highest BCUT2D eigenvalue weighted by Gasteiger charge is 2.24. The second-order valence-electron chi connectivity index (χ2n) is 7.06. The molecule has 0 saturated carbocycles. The van der Waals surface area contributed by atoms with Crippen molar-refractivity contribution in [3.63, 3.8) is 0 Å². The number of likely N-dealkylation sites (tertiary alicyclic amines) is 1. The lowest BCUT2D eigenvalue weighted by molar-refractivity contribution is 0.165. The average molecular weight is 373 g/mol. The molecule has 1 aliphatic heterocycles. The Hall–Kier alpha value is -2.01. The Morgan fingerprint density at radius 1 is 1.27 bits per heavy atom. The summed E-state index contributed by atoms with van der Waals surface area (Å²) in [5, 5.41) is 14.6. The molecule has 2 N–H and O–H groups in total. The largest absolute Gasteiger partial charge is 0.508 e. The van der Waals surface area contributed by atoms with Crippen LogP contribution in [-0.2, 0) is 6.42 Å². The third-order valence-electron chi connectivity index (χ3n) is 5.27. The van der Waals surface area contributed by atoms with E-state index in [0.29, 0.717) is 11.7 Å². The van der Waals surface area contributed by atoms with Crippen LogP contribution in [-0.4, -0.2) is 29.1 Å². The Bertz CT molecular complexity index is 677. The number of carbonyl (C=O) groups is 1. The fourth-order valence-corrected chi connectivity index (χ4v) is 4.42. The smallest absolute Gasteiger partial charge is 0.317 e. The third kappa shape index (κ3) is 5.01. The highest BCUT2D eigenvalue weighted by atomic mass is 32.1. The van der Waals surface area contributed by atoms with Gasteiger partial charge in [0, 0.05) is 18.0 Å². The predicted octanol–water partition coefficient (Wildman–Crippen LogP) is 4.96.